The van der Waals surface area contributed by atoms with Crippen LogP contribution in [-0.4, -0.2) is 54.9 Å². The van der Waals surface area contributed by atoms with E-state index >= 15 is 0 Å². The second-order valence-electron chi connectivity index (χ2n) is 8.62. The number of unbranched alkanes of at least 4 members (excludes halogenated alkanes) is 1. The summed E-state index contributed by atoms with van der Waals surface area (Å²) in [5.74, 6) is -0.720. The van der Waals surface area contributed by atoms with Gasteiger partial charge in [0.05, 0.1) is 35.3 Å². The lowest BCUT2D eigenvalue weighted by Crippen LogP contribution is -2.45. The summed E-state index contributed by atoms with van der Waals surface area (Å²) < 4.78 is 61.3. The van der Waals surface area contributed by atoms with Crippen LogP contribution in [0.4, 0.5) is 18.9 Å². The van der Waals surface area contributed by atoms with Crippen LogP contribution in [0.25, 0.3) is 0 Å². The SMILES string of the molecule is CCCCC(Oc1cc(Oc2ccc(C(F)(F)F)cc2Cl)ccc1[N+](=O)[O-])C(=O)N(C)CC1OCCCO1. The molecule has 1 atom stereocenters. The van der Waals surface area contributed by atoms with Crippen molar-refractivity contribution in [2.45, 2.75) is 51.2 Å². The summed E-state index contributed by atoms with van der Waals surface area (Å²) in [7, 11) is 1.56. The zero-order valence-electron chi connectivity index (χ0n) is 20.8. The van der Waals surface area contributed by atoms with Gasteiger partial charge in [-0.3, -0.25) is 14.9 Å². The highest BCUT2D eigenvalue weighted by Crippen LogP contribution is 2.39. The second kappa shape index (κ2) is 13.1. The van der Waals surface area contributed by atoms with Crippen LogP contribution in [0.15, 0.2) is 36.4 Å². The van der Waals surface area contributed by atoms with Crippen LogP contribution in [0, 0.1) is 10.1 Å². The van der Waals surface area contributed by atoms with E-state index in [9.17, 15) is 28.1 Å². The molecule has 38 heavy (non-hydrogen) atoms. The van der Waals surface area contributed by atoms with Crippen LogP contribution in [0.2, 0.25) is 5.02 Å². The zero-order valence-corrected chi connectivity index (χ0v) is 21.6. The molecule has 2 aromatic carbocycles. The molecule has 0 aromatic heterocycles. The molecule has 0 aliphatic carbocycles. The molecule has 9 nitrogen and oxygen atoms in total. The quantitative estimate of drug-likeness (QED) is 0.237. The van der Waals surface area contributed by atoms with Gasteiger partial charge >= 0.3 is 11.9 Å². The van der Waals surface area contributed by atoms with Crippen LogP contribution in [0.1, 0.15) is 38.2 Å². The Balaban J connectivity index is 1.83. The van der Waals surface area contributed by atoms with E-state index in [-0.39, 0.29) is 28.8 Å². The maximum Gasteiger partial charge on any atom is 0.416 e. The van der Waals surface area contributed by atoms with E-state index in [0.717, 1.165) is 31.0 Å². The van der Waals surface area contributed by atoms with Gasteiger partial charge in [-0.15, -0.1) is 0 Å². The highest BCUT2D eigenvalue weighted by molar-refractivity contribution is 6.32. The molecule has 0 radical (unpaired) electrons. The Morgan fingerprint density at radius 3 is 2.53 bits per heavy atom. The molecule has 0 spiro atoms. The minimum Gasteiger partial charge on any atom is -0.473 e. The number of hydrogen-bond donors (Lipinski definition) is 0. The summed E-state index contributed by atoms with van der Waals surface area (Å²) >= 11 is 5.97. The summed E-state index contributed by atoms with van der Waals surface area (Å²) in [6.45, 7) is 3.12. The fourth-order valence-electron chi connectivity index (χ4n) is 3.67. The van der Waals surface area contributed by atoms with Gasteiger partial charge in [-0.2, -0.15) is 13.2 Å². The van der Waals surface area contributed by atoms with Crippen LogP contribution in [0.5, 0.6) is 17.2 Å². The number of halogens is 4. The lowest BCUT2D eigenvalue weighted by Gasteiger charge is -2.30. The maximum atomic E-state index is 13.2. The van der Waals surface area contributed by atoms with Gasteiger partial charge in [0.1, 0.15) is 11.5 Å². The normalized spacial score (nSPS) is 15.1. The average Bonchev–Trinajstić information content (AvgIpc) is 2.87. The molecule has 1 amide bonds. The summed E-state index contributed by atoms with van der Waals surface area (Å²) in [6.07, 6.45) is -3.79. The first-order valence-electron chi connectivity index (χ1n) is 12.0. The fourth-order valence-corrected chi connectivity index (χ4v) is 3.89. The largest absolute Gasteiger partial charge is 0.473 e. The Hall–Kier alpha value is -3.09. The third-order valence-electron chi connectivity index (χ3n) is 5.67. The Bertz CT molecular complexity index is 1130. The number of nitrogens with zero attached hydrogens (tertiary/aromatic N) is 2. The number of ether oxygens (including phenoxy) is 4. The summed E-state index contributed by atoms with van der Waals surface area (Å²) in [6, 6.07) is 6.15. The van der Waals surface area contributed by atoms with Gasteiger partial charge in [0.2, 0.25) is 5.75 Å². The van der Waals surface area contributed by atoms with Gasteiger partial charge in [-0.05, 0) is 43.5 Å². The molecular weight excluding hydrogens is 533 g/mol. The first-order chi connectivity index (χ1) is 18.0. The number of likely N-dealkylation sites (N-methyl/N-ethyl adjacent to an activating group) is 1. The highest BCUT2D eigenvalue weighted by atomic mass is 35.5. The third-order valence-corrected chi connectivity index (χ3v) is 5.97. The molecular formula is C25H28ClF3N2O7. The second-order valence-corrected chi connectivity index (χ2v) is 9.03. The van der Waals surface area contributed by atoms with Crippen molar-refractivity contribution in [2.75, 3.05) is 26.8 Å². The van der Waals surface area contributed by atoms with E-state index in [1.807, 2.05) is 6.92 Å². The minimum atomic E-state index is -4.58. The summed E-state index contributed by atoms with van der Waals surface area (Å²) in [5.41, 5.74) is -1.36. The van der Waals surface area contributed by atoms with Crippen LogP contribution in [-0.2, 0) is 20.4 Å². The predicted octanol–water partition coefficient (Wildman–Crippen LogP) is 6.22. The van der Waals surface area contributed by atoms with Crippen molar-refractivity contribution in [3.63, 3.8) is 0 Å². The summed E-state index contributed by atoms with van der Waals surface area (Å²) in [4.78, 5) is 25.6. The maximum absolute atomic E-state index is 13.2. The molecule has 2 aromatic rings. The number of rotatable bonds is 11. The molecule has 0 bridgehead atoms. The van der Waals surface area contributed by atoms with E-state index in [1.165, 1.54) is 17.0 Å². The van der Waals surface area contributed by atoms with E-state index in [2.05, 4.69) is 0 Å². The van der Waals surface area contributed by atoms with Crippen molar-refractivity contribution in [3.8, 4) is 17.2 Å². The monoisotopic (exact) mass is 560 g/mol. The van der Waals surface area contributed by atoms with Gasteiger partial charge in [-0.25, -0.2) is 0 Å². The van der Waals surface area contributed by atoms with Crippen LogP contribution in [0.3, 0.4) is 0 Å². The predicted molar refractivity (Wildman–Crippen MR) is 132 cm³/mol. The first-order valence-corrected chi connectivity index (χ1v) is 12.3. The van der Waals surface area contributed by atoms with Gasteiger partial charge in [0.25, 0.3) is 5.91 Å². The molecule has 1 saturated heterocycles. The van der Waals surface area contributed by atoms with E-state index < -0.39 is 40.7 Å². The van der Waals surface area contributed by atoms with Crippen molar-refractivity contribution < 1.29 is 41.8 Å². The van der Waals surface area contributed by atoms with Crippen molar-refractivity contribution in [3.05, 3.63) is 57.1 Å². The lowest BCUT2D eigenvalue weighted by molar-refractivity contribution is -0.386. The van der Waals surface area contributed by atoms with Gasteiger partial charge in [0.15, 0.2) is 12.4 Å². The van der Waals surface area contributed by atoms with Crippen molar-refractivity contribution in [2.24, 2.45) is 0 Å². The summed E-state index contributed by atoms with van der Waals surface area (Å²) in [5, 5.41) is 11.4. The topological polar surface area (TPSA) is 100 Å². The van der Waals surface area contributed by atoms with Gasteiger partial charge in [0, 0.05) is 19.2 Å². The molecule has 1 aliphatic rings. The number of alkyl halides is 3. The molecule has 1 aliphatic heterocycles. The zero-order chi connectivity index (χ0) is 27.9. The molecule has 1 heterocycles. The number of hydrogen-bond acceptors (Lipinski definition) is 7. The number of carbonyl (C=O) groups excluding carboxylic acids is 1. The molecule has 0 saturated carbocycles. The smallest absolute Gasteiger partial charge is 0.416 e. The standard InChI is InChI=1S/C25H28ClF3N2O7/c1-3-4-6-21(24(32)30(2)15-23-35-11-5-12-36-23)38-22-14-17(8-9-19(22)31(33)34)37-20-10-7-16(13-18(20)26)25(27,28)29/h7-10,13-14,21,23H,3-6,11-12,15H2,1-2H3. The Morgan fingerprint density at radius 1 is 1.21 bits per heavy atom. The molecule has 13 heteroatoms. The fraction of sp³-hybridized carbons (Fsp3) is 0.480. The van der Waals surface area contributed by atoms with Crippen molar-refractivity contribution in [1.82, 2.24) is 4.90 Å². The van der Waals surface area contributed by atoms with Crippen LogP contribution < -0.4 is 9.47 Å². The third kappa shape index (κ3) is 7.95. The van der Waals surface area contributed by atoms with E-state index in [0.29, 0.717) is 32.1 Å². The highest BCUT2D eigenvalue weighted by Gasteiger charge is 2.32. The minimum absolute atomic E-state index is 0.0197. The number of nitro benzene ring substituents is 1. The number of amides is 1. The number of carbonyl (C=O) groups is 1. The first kappa shape index (κ1) is 29.5. The van der Waals surface area contributed by atoms with Crippen molar-refractivity contribution >= 4 is 23.2 Å². The lowest BCUT2D eigenvalue weighted by atomic mass is 10.1. The van der Waals surface area contributed by atoms with E-state index in [1.54, 1.807) is 7.05 Å². The average molecular weight is 561 g/mol. The van der Waals surface area contributed by atoms with Gasteiger partial charge in [-0.1, -0.05) is 24.9 Å². The Kier molecular flexibility index (Phi) is 10.2. The van der Waals surface area contributed by atoms with E-state index in [4.69, 9.17) is 30.5 Å². The van der Waals surface area contributed by atoms with Crippen molar-refractivity contribution in [1.29, 1.82) is 0 Å². The molecule has 208 valence electrons. The number of benzene rings is 2. The molecule has 3 rings (SSSR count). The van der Waals surface area contributed by atoms with Crippen LogP contribution >= 0.6 is 11.6 Å². The molecule has 1 fully saturated rings. The molecule has 1 unspecified atom stereocenters. The number of nitro groups is 1. The Labute approximate surface area is 222 Å². The Morgan fingerprint density at radius 2 is 1.92 bits per heavy atom. The molecule has 0 N–H and O–H groups in total. The van der Waals surface area contributed by atoms with Gasteiger partial charge < -0.3 is 23.8 Å².